The third-order valence-electron chi connectivity index (χ3n) is 4.08. The van der Waals surface area contributed by atoms with E-state index in [4.69, 9.17) is 0 Å². The molecule has 1 fully saturated rings. The first kappa shape index (κ1) is 8.34. The van der Waals surface area contributed by atoms with Crippen molar-refractivity contribution in [3.63, 3.8) is 0 Å². The van der Waals surface area contributed by atoms with Gasteiger partial charge in [-0.3, -0.25) is 0 Å². The number of aromatic hydroxyl groups is 1. The first-order valence-electron chi connectivity index (χ1n) is 5.63. The highest BCUT2D eigenvalue weighted by Crippen LogP contribution is 2.51. The van der Waals surface area contributed by atoms with E-state index in [1.165, 1.54) is 49.7 Å². The van der Waals surface area contributed by atoms with E-state index in [0.29, 0.717) is 11.2 Å². The van der Waals surface area contributed by atoms with Crippen LogP contribution in [-0.4, -0.2) is 5.11 Å². The Bertz CT molecular complexity index is 363. The third kappa shape index (κ3) is 1.01. The van der Waals surface area contributed by atoms with Crippen molar-refractivity contribution in [2.45, 2.75) is 43.9 Å². The summed E-state index contributed by atoms with van der Waals surface area (Å²) in [5.74, 6) is 0.442. The Labute approximate surface area is 84.8 Å². The Morgan fingerprint density at radius 2 is 1.86 bits per heavy atom. The largest absolute Gasteiger partial charge is 0.508 e. The molecular weight excluding hydrogens is 172 g/mol. The first-order valence-corrected chi connectivity index (χ1v) is 5.63. The second kappa shape index (κ2) is 2.75. The molecule has 3 rings (SSSR count). The normalized spacial score (nSPS) is 22.9. The van der Waals surface area contributed by atoms with Gasteiger partial charge in [0.2, 0.25) is 0 Å². The smallest absolute Gasteiger partial charge is 0.115 e. The quantitative estimate of drug-likeness (QED) is 0.663. The van der Waals surface area contributed by atoms with Crippen LogP contribution in [0.5, 0.6) is 5.75 Å². The van der Waals surface area contributed by atoms with Gasteiger partial charge in [0.25, 0.3) is 0 Å². The second-order valence-electron chi connectivity index (χ2n) is 4.83. The van der Waals surface area contributed by atoms with Gasteiger partial charge in [-0.25, -0.2) is 0 Å². The molecule has 1 heteroatoms. The molecule has 0 heterocycles. The number of phenols is 1. The van der Waals surface area contributed by atoms with Gasteiger partial charge in [-0.1, -0.05) is 12.5 Å². The second-order valence-corrected chi connectivity index (χ2v) is 4.83. The molecule has 0 aliphatic heterocycles. The predicted octanol–water partition coefficient (Wildman–Crippen LogP) is 3.15. The molecule has 1 spiro atoms. The summed E-state index contributed by atoms with van der Waals surface area (Å²) in [5.41, 5.74) is 3.40. The highest BCUT2D eigenvalue weighted by Gasteiger charge is 2.41. The first-order chi connectivity index (χ1) is 6.80. The average molecular weight is 188 g/mol. The standard InChI is InChI=1S/C13H16O/c14-11-5-4-10-3-1-6-13(7-2-8-13)12(10)9-11/h4-5,9,14H,1-3,6-8H2. The van der Waals surface area contributed by atoms with Gasteiger partial charge in [0.05, 0.1) is 0 Å². The average Bonchev–Trinajstić information content (AvgIpc) is 2.14. The van der Waals surface area contributed by atoms with E-state index < -0.39 is 0 Å². The number of aryl methyl sites for hydroxylation is 1. The Balaban J connectivity index is 2.12. The molecule has 0 aromatic heterocycles. The van der Waals surface area contributed by atoms with Crippen molar-refractivity contribution in [1.82, 2.24) is 0 Å². The van der Waals surface area contributed by atoms with Crippen LogP contribution in [0.1, 0.15) is 43.2 Å². The van der Waals surface area contributed by atoms with Gasteiger partial charge in [-0.05, 0) is 60.8 Å². The molecule has 0 atom stereocenters. The Morgan fingerprint density at radius 3 is 2.57 bits per heavy atom. The molecule has 2 aliphatic rings. The van der Waals surface area contributed by atoms with E-state index in [-0.39, 0.29) is 0 Å². The van der Waals surface area contributed by atoms with Crippen LogP contribution < -0.4 is 0 Å². The van der Waals surface area contributed by atoms with Crippen molar-refractivity contribution < 1.29 is 5.11 Å². The van der Waals surface area contributed by atoms with Crippen LogP contribution in [0.2, 0.25) is 0 Å². The molecule has 1 nitrogen and oxygen atoms in total. The molecule has 0 amide bonds. The van der Waals surface area contributed by atoms with Crippen LogP contribution >= 0.6 is 0 Å². The van der Waals surface area contributed by atoms with Crippen LogP contribution in [0.4, 0.5) is 0 Å². The summed E-state index contributed by atoms with van der Waals surface area (Å²) in [6.45, 7) is 0. The molecule has 0 saturated heterocycles. The Kier molecular flexibility index (Phi) is 1.64. The molecule has 0 bridgehead atoms. The van der Waals surface area contributed by atoms with Crippen LogP contribution in [0.3, 0.4) is 0 Å². The molecule has 1 aromatic rings. The summed E-state index contributed by atoms with van der Waals surface area (Å²) in [6, 6.07) is 5.95. The predicted molar refractivity (Wildman–Crippen MR) is 56.6 cm³/mol. The van der Waals surface area contributed by atoms with Gasteiger partial charge in [0, 0.05) is 0 Å². The summed E-state index contributed by atoms with van der Waals surface area (Å²) in [6.07, 6.45) is 7.92. The molecule has 0 radical (unpaired) electrons. The van der Waals surface area contributed by atoms with Gasteiger partial charge in [0.15, 0.2) is 0 Å². The van der Waals surface area contributed by atoms with Gasteiger partial charge < -0.3 is 5.11 Å². The Hall–Kier alpha value is -0.980. The van der Waals surface area contributed by atoms with Crippen LogP contribution in [0.15, 0.2) is 18.2 Å². The zero-order valence-corrected chi connectivity index (χ0v) is 8.42. The summed E-state index contributed by atoms with van der Waals surface area (Å²) in [4.78, 5) is 0. The lowest BCUT2D eigenvalue weighted by atomic mass is 9.58. The summed E-state index contributed by atoms with van der Waals surface area (Å²) in [7, 11) is 0. The van der Waals surface area contributed by atoms with Crippen LogP contribution in [0, 0.1) is 0 Å². The highest BCUT2D eigenvalue weighted by atomic mass is 16.3. The summed E-state index contributed by atoms with van der Waals surface area (Å²) >= 11 is 0. The lowest BCUT2D eigenvalue weighted by Gasteiger charge is -2.46. The minimum Gasteiger partial charge on any atom is -0.508 e. The van der Waals surface area contributed by atoms with Crippen molar-refractivity contribution >= 4 is 0 Å². The lowest BCUT2D eigenvalue weighted by Crippen LogP contribution is -2.37. The van der Waals surface area contributed by atoms with Crippen LogP contribution in [0.25, 0.3) is 0 Å². The number of phenolic OH excluding ortho intramolecular Hbond substituents is 1. The van der Waals surface area contributed by atoms with Crippen molar-refractivity contribution in [3.8, 4) is 5.75 Å². The van der Waals surface area contributed by atoms with E-state index >= 15 is 0 Å². The van der Waals surface area contributed by atoms with Crippen molar-refractivity contribution in [1.29, 1.82) is 0 Å². The van der Waals surface area contributed by atoms with E-state index in [1.807, 2.05) is 12.1 Å². The molecule has 1 aromatic carbocycles. The van der Waals surface area contributed by atoms with Gasteiger partial charge in [-0.15, -0.1) is 0 Å². The fraction of sp³-hybridized carbons (Fsp3) is 0.538. The molecule has 0 unspecified atom stereocenters. The van der Waals surface area contributed by atoms with Crippen molar-refractivity contribution in [2.24, 2.45) is 0 Å². The van der Waals surface area contributed by atoms with Crippen molar-refractivity contribution in [3.05, 3.63) is 29.3 Å². The third-order valence-corrected chi connectivity index (χ3v) is 4.08. The van der Waals surface area contributed by atoms with E-state index in [2.05, 4.69) is 6.07 Å². The molecule has 1 saturated carbocycles. The topological polar surface area (TPSA) is 20.2 Å². The van der Waals surface area contributed by atoms with Gasteiger partial charge in [-0.2, -0.15) is 0 Å². The SMILES string of the molecule is Oc1ccc2c(c1)C1(CCC2)CCC1. The minimum absolute atomic E-state index is 0.442. The monoisotopic (exact) mass is 188 g/mol. The molecule has 74 valence electrons. The maximum Gasteiger partial charge on any atom is 0.115 e. The lowest BCUT2D eigenvalue weighted by molar-refractivity contribution is 0.208. The fourth-order valence-corrected chi connectivity index (χ4v) is 3.15. The van der Waals surface area contributed by atoms with Gasteiger partial charge in [0.1, 0.15) is 5.75 Å². The maximum absolute atomic E-state index is 9.54. The zero-order chi connectivity index (χ0) is 9.60. The Morgan fingerprint density at radius 1 is 1.07 bits per heavy atom. The highest BCUT2D eigenvalue weighted by molar-refractivity contribution is 5.43. The van der Waals surface area contributed by atoms with Gasteiger partial charge >= 0.3 is 0 Å². The van der Waals surface area contributed by atoms with E-state index in [0.717, 1.165) is 0 Å². The maximum atomic E-state index is 9.54. The summed E-state index contributed by atoms with van der Waals surface area (Å²) in [5, 5.41) is 9.54. The number of hydrogen-bond acceptors (Lipinski definition) is 1. The zero-order valence-electron chi connectivity index (χ0n) is 8.42. The van der Waals surface area contributed by atoms with E-state index in [9.17, 15) is 5.11 Å². The molecular formula is C13H16O. The van der Waals surface area contributed by atoms with E-state index in [1.54, 1.807) is 0 Å². The number of rotatable bonds is 0. The van der Waals surface area contributed by atoms with Crippen LogP contribution in [-0.2, 0) is 11.8 Å². The summed E-state index contributed by atoms with van der Waals surface area (Å²) < 4.78 is 0. The fourth-order valence-electron chi connectivity index (χ4n) is 3.15. The number of fused-ring (bicyclic) bond motifs is 2. The molecule has 2 aliphatic carbocycles. The molecule has 14 heavy (non-hydrogen) atoms. The number of benzene rings is 1. The number of hydrogen-bond donors (Lipinski definition) is 1. The van der Waals surface area contributed by atoms with Crippen molar-refractivity contribution in [2.75, 3.05) is 0 Å². The minimum atomic E-state index is 0.442. The molecule has 1 N–H and O–H groups in total.